The molecule has 0 heterocycles. The van der Waals surface area contributed by atoms with Crippen LogP contribution in [0.25, 0.3) is 0 Å². The molecule has 88 valence electrons. The topological polar surface area (TPSA) is 29.5 Å². The van der Waals surface area contributed by atoms with Crippen LogP contribution in [0.1, 0.15) is 10.4 Å². The molecule has 0 saturated heterocycles. The molecule has 16 heavy (non-hydrogen) atoms. The molecule has 0 aliphatic heterocycles. The van der Waals surface area contributed by atoms with Gasteiger partial charge in [-0.2, -0.15) is 0 Å². The van der Waals surface area contributed by atoms with Gasteiger partial charge in [-0.25, -0.2) is 4.39 Å². The van der Waals surface area contributed by atoms with Crippen molar-refractivity contribution in [2.24, 2.45) is 0 Å². The Labute approximate surface area is 98.8 Å². The minimum absolute atomic E-state index is 0.0578. The van der Waals surface area contributed by atoms with E-state index in [4.69, 9.17) is 16.3 Å². The molecule has 3 nitrogen and oxygen atoms in total. The lowest BCUT2D eigenvalue weighted by molar-refractivity contribution is 0.0795. The van der Waals surface area contributed by atoms with E-state index in [0.717, 1.165) is 0 Å². The number of nitrogens with zero attached hydrogens (tertiary/aromatic N) is 1. The maximum absolute atomic E-state index is 13.5. The summed E-state index contributed by atoms with van der Waals surface area (Å²) in [6, 6.07) is 4.27. The van der Waals surface area contributed by atoms with Crippen molar-refractivity contribution in [1.29, 1.82) is 0 Å². The van der Waals surface area contributed by atoms with Gasteiger partial charge in [-0.3, -0.25) is 4.79 Å². The van der Waals surface area contributed by atoms with E-state index < -0.39 is 11.7 Å². The first-order valence-electron chi connectivity index (χ1n) is 4.75. The maximum atomic E-state index is 13.5. The van der Waals surface area contributed by atoms with Crippen LogP contribution in [0, 0.1) is 5.82 Å². The smallest absolute Gasteiger partial charge is 0.260 e. The first-order valence-corrected chi connectivity index (χ1v) is 5.29. The Balaban J connectivity index is 3.06. The quantitative estimate of drug-likeness (QED) is 0.761. The number of ether oxygens (including phenoxy) is 1. The zero-order valence-corrected chi connectivity index (χ0v) is 9.92. The molecule has 0 bridgehead atoms. The summed E-state index contributed by atoms with van der Waals surface area (Å²) < 4.78 is 18.5. The summed E-state index contributed by atoms with van der Waals surface area (Å²) in [5.74, 6) is -0.494. The predicted octanol–water partition coefficient (Wildman–Crippen LogP) is 2.15. The fourth-order valence-corrected chi connectivity index (χ4v) is 1.55. The molecule has 0 saturated carbocycles. The molecule has 0 radical (unpaired) electrons. The van der Waals surface area contributed by atoms with E-state index in [0.29, 0.717) is 12.4 Å². The summed E-state index contributed by atoms with van der Waals surface area (Å²) >= 11 is 5.52. The van der Waals surface area contributed by atoms with Crippen LogP contribution in [-0.2, 0) is 0 Å². The maximum Gasteiger partial charge on any atom is 0.260 e. The number of carbonyl (C=O) groups excluding carboxylic acids is 1. The van der Waals surface area contributed by atoms with Crippen LogP contribution in [0.5, 0.6) is 5.75 Å². The molecule has 0 fully saturated rings. The molecule has 0 spiro atoms. The number of hydrogen-bond donors (Lipinski definition) is 0. The van der Waals surface area contributed by atoms with Crippen LogP contribution in [0.4, 0.5) is 4.39 Å². The normalized spacial score (nSPS) is 10.0. The Bertz CT molecular complexity index is 384. The van der Waals surface area contributed by atoms with Gasteiger partial charge in [-0.1, -0.05) is 6.07 Å². The van der Waals surface area contributed by atoms with E-state index in [-0.39, 0.29) is 11.3 Å². The van der Waals surface area contributed by atoms with E-state index in [9.17, 15) is 9.18 Å². The van der Waals surface area contributed by atoms with Gasteiger partial charge in [0.2, 0.25) is 0 Å². The molecule has 1 rings (SSSR count). The van der Waals surface area contributed by atoms with E-state index >= 15 is 0 Å². The van der Waals surface area contributed by atoms with Crippen molar-refractivity contribution in [3.63, 3.8) is 0 Å². The number of rotatable bonds is 4. The van der Waals surface area contributed by atoms with E-state index in [1.54, 1.807) is 13.1 Å². The molecule has 0 aliphatic rings. The van der Waals surface area contributed by atoms with Gasteiger partial charge in [-0.15, -0.1) is 11.6 Å². The molecular formula is C11H13ClFNO2. The molecule has 0 atom stereocenters. The average molecular weight is 246 g/mol. The largest absolute Gasteiger partial charge is 0.496 e. The highest BCUT2D eigenvalue weighted by Crippen LogP contribution is 2.22. The Morgan fingerprint density at radius 2 is 2.25 bits per heavy atom. The number of amides is 1. The Hall–Kier alpha value is -1.29. The van der Waals surface area contributed by atoms with Gasteiger partial charge < -0.3 is 9.64 Å². The first-order chi connectivity index (χ1) is 7.61. The average Bonchev–Trinajstić information content (AvgIpc) is 2.28. The van der Waals surface area contributed by atoms with Gasteiger partial charge in [0.25, 0.3) is 5.91 Å². The fourth-order valence-electron chi connectivity index (χ4n) is 1.30. The summed E-state index contributed by atoms with van der Waals surface area (Å²) in [5.41, 5.74) is -0.0578. The third kappa shape index (κ3) is 2.64. The minimum atomic E-state index is -0.592. The van der Waals surface area contributed by atoms with E-state index in [2.05, 4.69) is 0 Å². The van der Waals surface area contributed by atoms with Gasteiger partial charge in [0.1, 0.15) is 17.1 Å². The lowest BCUT2D eigenvalue weighted by Gasteiger charge is -2.17. The van der Waals surface area contributed by atoms with Crippen LogP contribution in [0.3, 0.4) is 0 Å². The Morgan fingerprint density at radius 1 is 1.56 bits per heavy atom. The van der Waals surface area contributed by atoms with Crippen LogP contribution in [0.15, 0.2) is 18.2 Å². The molecule has 1 aromatic carbocycles. The molecule has 0 N–H and O–H groups in total. The van der Waals surface area contributed by atoms with Gasteiger partial charge in [0.15, 0.2) is 0 Å². The minimum Gasteiger partial charge on any atom is -0.496 e. The molecule has 1 amide bonds. The van der Waals surface area contributed by atoms with Gasteiger partial charge in [-0.05, 0) is 12.1 Å². The molecule has 0 aromatic heterocycles. The van der Waals surface area contributed by atoms with Crippen molar-refractivity contribution < 1.29 is 13.9 Å². The number of hydrogen-bond acceptors (Lipinski definition) is 2. The van der Waals surface area contributed by atoms with Crippen molar-refractivity contribution in [3.8, 4) is 5.75 Å². The molecular weight excluding hydrogens is 233 g/mol. The fraction of sp³-hybridized carbons (Fsp3) is 0.364. The van der Waals surface area contributed by atoms with E-state index in [1.165, 1.54) is 24.1 Å². The number of halogens is 2. The van der Waals surface area contributed by atoms with Crippen LogP contribution < -0.4 is 4.74 Å². The van der Waals surface area contributed by atoms with Crippen molar-refractivity contribution in [3.05, 3.63) is 29.6 Å². The third-order valence-corrected chi connectivity index (χ3v) is 2.34. The van der Waals surface area contributed by atoms with Crippen LogP contribution in [-0.4, -0.2) is 37.4 Å². The zero-order chi connectivity index (χ0) is 12.1. The van der Waals surface area contributed by atoms with Crippen molar-refractivity contribution in [2.45, 2.75) is 0 Å². The van der Waals surface area contributed by atoms with Crippen LogP contribution in [0.2, 0.25) is 0 Å². The van der Waals surface area contributed by atoms with Gasteiger partial charge in [0, 0.05) is 19.5 Å². The summed E-state index contributed by atoms with van der Waals surface area (Å²) in [7, 11) is 2.96. The van der Waals surface area contributed by atoms with Gasteiger partial charge >= 0.3 is 0 Å². The standard InChI is InChI=1S/C11H13ClFNO2/c1-14(7-6-12)11(15)10-8(13)4-3-5-9(10)16-2/h3-5H,6-7H2,1-2H3. The zero-order valence-electron chi connectivity index (χ0n) is 9.17. The summed E-state index contributed by atoms with van der Waals surface area (Å²) in [6.07, 6.45) is 0. The highest BCUT2D eigenvalue weighted by Gasteiger charge is 2.20. The number of benzene rings is 1. The van der Waals surface area contributed by atoms with E-state index in [1.807, 2.05) is 0 Å². The monoisotopic (exact) mass is 245 g/mol. The lowest BCUT2D eigenvalue weighted by atomic mass is 10.1. The van der Waals surface area contributed by atoms with Crippen molar-refractivity contribution in [1.82, 2.24) is 4.90 Å². The third-order valence-electron chi connectivity index (χ3n) is 2.18. The molecule has 0 aliphatic carbocycles. The number of carbonyl (C=O) groups is 1. The number of methoxy groups -OCH3 is 1. The van der Waals surface area contributed by atoms with Crippen molar-refractivity contribution in [2.75, 3.05) is 26.6 Å². The Morgan fingerprint density at radius 3 is 2.81 bits per heavy atom. The number of alkyl halides is 1. The summed E-state index contributed by atoms with van der Waals surface area (Å²) in [4.78, 5) is 13.2. The lowest BCUT2D eigenvalue weighted by Crippen LogP contribution is -2.29. The SMILES string of the molecule is COc1cccc(F)c1C(=O)N(C)CCCl. The van der Waals surface area contributed by atoms with Crippen LogP contribution >= 0.6 is 11.6 Å². The highest BCUT2D eigenvalue weighted by molar-refractivity contribution is 6.18. The van der Waals surface area contributed by atoms with Gasteiger partial charge in [0.05, 0.1) is 7.11 Å². The summed E-state index contributed by atoms with van der Waals surface area (Å²) in [6.45, 7) is 0.359. The second kappa shape index (κ2) is 5.70. The molecule has 1 aromatic rings. The highest BCUT2D eigenvalue weighted by atomic mass is 35.5. The first kappa shape index (κ1) is 12.8. The molecule has 0 unspecified atom stereocenters. The summed E-state index contributed by atoms with van der Waals surface area (Å²) in [5, 5.41) is 0. The second-order valence-corrected chi connectivity index (χ2v) is 3.61. The van der Waals surface area contributed by atoms with Crippen molar-refractivity contribution >= 4 is 17.5 Å². The predicted molar refractivity (Wildman–Crippen MR) is 60.6 cm³/mol. The molecule has 5 heteroatoms. The second-order valence-electron chi connectivity index (χ2n) is 3.23. The Kier molecular flexibility index (Phi) is 4.55.